The largest absolute Gasteiger partial charge is 1.00 e. The van der Waals surface area contributed by atoms with Gasteiger partial charge in [0.25, 0.3) is 0 Å². The van der Waals surface area contributed by atoms with E-state index in [9.17, 15) is 4.79 Å². The summed E-state index contributed by atoms with van der Waals surface area (Å²) in [6.45, 7) is 6.46. The molecule has 2 aromatic rings. The van der Waals surface area contributed by atoms with Crippen LogP contribution >= 0.6 is 0 Å². The fourth-order valence-corrected chi connectivity index (χ4v) is 3.24. The smallest absolute Gasteiger partial charge is 0.336 e. The van der Waals surface area contributed by atoms with Gasteiger partial charge >= 0.3 is 5.63 Å². The Hall–Kier alpha value is -1.32. The molecule has 0 aliphatic carbocycles. The van der Waals surface area contributed by atoms with Crippen LogP contribution in [0.15, 0.2) is 33.5 Å². The molecule has 1 aliphatic rings. The SMILES string of the molecule is Cc1ccc2c(C[NH+]3CCCCC3C)cc(=O)oc2c1.[Cl-]. The van der Waals surface area contributed by atoms with Gasteiger partial charge in [-0.1, -0.05) is 12.1 Å². The zero-order valence-electron chi connectivity index (χ0n) is 12.6. The first-order chi connectivity index (χ1) is 9.63. The predicted octanol–water partition coefficient (Wildman–Crippen LogP) is -0.937. The van der Waals surface area contributed by atoms with Gasteiger partial charge in [-0.15, -0.1) is 0 Å². The third-order valence-electron chi connectivity index (χ3n) is 4.49. The number of hydrogen-bond acceptors (Lipinski definition) is 2. The molecule has 114 valence electrons. The molecular formula is C17H22ClNO2. The first-order valence-electron chi connectivity index (χ1n) is 7.51. The lowest BCUT2D eigenvalue weighted by Crippen LogP contribution is -3.14. The van der Waals surface area contributed by atoms with Gasteiger partial charge < -0.3 is 21.7 Å². The number of piperidine rings is 1. The second-order valence-corrected chi connectivity index (χ2v) is 6.07. The average molecular weight is 308 g/mol. The Kier molecular flexibility index (Phi) is 5.07. The number of aryl methyl sites for hydroxylation is 1. The minimum atomic E-state index is -0.234. The highest BCUT2D eigenvalue weighted by atomic mass is 35.5. The summed E-state index contributed by atoms with van der Waals surface area (Å²) >= 11 is 0. The highest BCUT2D eigenvalue weighted by Crippen LogP contribution is 2.18. The van der Waals surface area contributed by atoms with Gasteiger partial charge in [-0.05, 0) is 44.7 Å². The van der Waals surface area contributed by atoms with Crippen molar-refractivity contribution in [2.75, 3.05) is 6.54 Å². The third kappa shape index (κ3) is 3.47. The molecule has 2 unspecified atom stereocenters. The van der Waals surface area contributed by atoms with Crippen LogP contribution < -0.4 is 22.9 Å². The van der Waals surface area contributed by atoms with Crippen molar-refractivity contribution in [1.29, 1.82) is 0 Å². The quantitative estimate of drug-likeness (QED) is 0.727. The maximum absolute atomic E-state index is 11.8. The van der Waals surface area contributed by atoms with Crippen LogP contribution in [0.25, 0.3) is 11.0 Å². The van der Waals surface area contributed by atoms with Crippen molar-refractivity contribution in [1.82, 2.24) is 0 Å². The van der Waals surface area contributed by atoms with Crippen molar-refractivity contribution in [2.45, 2.75) is 45.7 Å². The monoisotopic (exact) mass is 307 g/mol. The summed E-state index contributed by atoms with van der Waals surface area (Å²) in [4.78, 5) is 13.3. The highest BCUT2D eigenvalue weighted by molar-refractivity contribution is 5.80. The van der Waals surface area contributed by atoms with Gasteiger partial charge in [0.2, 0.25) is 0 Å². The van der Waals surface area contributed by atoms with E-state index < -0.39 is 0 Å². The number of nitrogens with one attached hydrogen (secondary N) is 1. The maximum Gasteiger partial charge on any atom is 0.336 e. The molecule has 0 amide bonds. The lowest BCUT2D eigenvalue weighted by atomic mass is 10.0. The van der Waals surface area contributed by atoms with Crippen LogP contribution in [0, 0.1) is 6.92 Å². The first kappa shape index (κ1) is 16.1. The molecule has 0 saturated carbocycles. The first-order valence-corrected chi connectivity index (χ1v) is 7.51. The molecule has 1 fully saturated rings. The Morgan fingerprint density at radius 2 is 2.10 bits per heavy atom. The van der Waals surface area contributed by atoms with Crippen LogP contribution in [0.5, 0.6) is 0 Å². The molecule has 21 heavy (non-hydrogen) atoms. The van der Waals surface area contributed by atoms with E-state index in [1.54, 1.807) is 11.0 Å². The van der Waals surface area contributed by atoms with Crippen molar-refractivity contribution in [3.8, 4) is 0 Å². The van der Waals surface area contributed by atoms with Gasteiger partial charge in [0, 0.05) is 17.0 Å². The highest BCUT2D eigenvalue weighted by Gasteiger charge is 2.23. The van der Waals surface area contributed by atoms with Gasteiger partial charge in [-0.25, -0.2) is 4.79 Å². The van der Waals surface area contributed by atoms with Crippen LogP contribution in [0.3, 0.4) is 0 Å². The molecular weight excluding hydrogens is 286 g/mol. The summed E-state index contributed by atoms with van der Waals surface area (Å²) in [5.74, 6) is 0. The second-order valence-electron chi connectivity index (χ2n) is 6.07. The number of hydrogen-bond donors (Lipinski definition) is 1. The number of benzene rings is 1. The van der Waals surface area contributed by atoms with Gasteiger partial charge in [0.15, 0.2) is 0 Å². The number of quaternary nitrogens is 1. The van der Waals surface area contributed by atoms with Crippen molar-refractivity contribution in [3.63, 3.8) is 0 Å². The van der Waals surface area contributed by atoms with E-state index in [0.717, 1.165) is 28.6 Å². The van der Waals surface area contributed by atoms with Crippen LogP contribution in [0.4, 0.5) is 0 Å². The Labute approximate surface area is 131 Å². The molecule has 1 aromatic heterocycles. The molecule has 1 N–H and O–H groups in total. The molecule has 0 bridgehead atoms. The summed E-state index contributed by atoms with van der Waals surface area (Å²) in [5.41, 5.74) is 2.73. The Balaban J connectivity index is 0.00000161. The van der Waals surface area contributed by atoms with Crippen molar-refractivity contribution in [3.05, 3.63) is 45.8 Å². The summed E-state index contributed by atoms with van der Waals surface area (Å²) in [5, 5.41) is 1.08. The molecule has 1 aromatic carbocycles. The van der Waals surface area contributed by atoms with E-state index in [1.807, 2.05) is 13.0 Å². The van der Waals surface area contributed by atoms with Crippen LogP contribution in [0.1, 0.15) is 37.3 Å². The molecule has 3 rings (SSSR count). The van der Waals surface area contributed by atoms with Crippen molar-refractivity contribution < 1.29 is 21.7 Å². The molecule has 4 heteroatoms. The van der Waals surface area contributed by atoms with Gasteiger partial charge in [0.05, 0.1) is 12.6 Å². The van der Waals surface area contributed by atoms with Crippen LogP contribution in [-0.2, 0) is 6.54 Å². The molecule has 2 heterocycles. The normalized spacial score (nSPS) is 22.0. The topological polar surface area (TPSA) is 34.7 Å². The Morgan fingerprint density at radius 3 is 2.86 bits per heavy atom. The van der Waals surface area contributed by atoms with Crippen LogP contribution in [-0.4, -0.2) is 12.6 Å². The molecule has 1 saturated heterocycles. The van der Waals surface area contributed by atoms with E-state index in [4.69, 9.17) is 4.42 Å². The van der Waals surface area contributed by atoms with E-state index in [0.29, 0.717) is 6.04 Å². The van der Waals surface area contributed by atoms with Crippen molar-refractivity contribution in [2.24, 2.45) is 0 Å². The third-order valence-corrected chi connectivity index (χ3v) is 4.49. The van der Waals surface area contributed by atoms with Crippen molar-refractivity contribution >= 4 is 11.0 Å². The summed E-state index contributed by atoms with van der Waals surface area (Å²) in [6.07, 6.45) is 3.91. The second kappa shape index (κ2) is 6.63. The zero-order valence-corrected chi connectivity index (χ0v) is 13.4. The van der Waals surface area contributed by atoms with E-state index in [-0.39, 0.29) is 18.0 Å². The summed E-state index contributed by atoms with van der Waals surface area (Å²) in [7, 11) is 0. The maximum atomic E-state index is 11.8. The molecule has 1 aliphatic heterocycles. The average Bonchev–Trinajstić information content (AvgIpc) is 2.40. The lowest BCUT2D eigenvalue weighted by Gasteiger charge is -2.30. The predicted molar refractivity (Wildman–Crippen MR) is 80.1 cm³/mol. The Bertz CT molecular complexity index is 680. The lowest BCUT2D eigenvalue weighted by molar-refractivity contribution is -0.941. The number of rotatable bonds is 2. The van der Waals surface area contributed by atoms with Gasteiger partial charge in [-0.2, -0.15) is 0 Å². The van der Waals surface area contributed by atoms with E-state index in [1.165, 1.54) is 25.8 Å². The number of likely N-dealkylation sites (tertiary alicyclic amines) is 1. The summed E-state index contributed by atoms with van der Waals surface area (Å²) in [6, 6.07) is 8.47. The summed E-state index contributed by atoms with van der Waals surface area (Å²) < 4.78 is 5.33. The van der Waals surface area contributed by atoms with E-state index >= 15 is 0 Å². The fraction of sp³-hybridized carbons (Fsp3) is 0.471. The molecule has 3 nitrogen and oxygen atoms in total. The fourth-order valence-electron chi connectivity index (χ4n) is 3.24. The van der Waals surface area contributed by atoms with Gasteiger partial charge in [-0.3, -0.25) is 0 Å². The molecule has 0 spiro atoms. The minimum absolute atomic E-state index is 0. The molecule has 2 atom stereocenters. The zero-order chi connectivity index (χ0) is 14.1. The molecule has 0 radical (unpaired) electrons. The Morgan fingerprint density at radius 1 is 1.29 bits per heavy atom. The standard InChI is InChI=1S/C17H21NO2.ClH/c1-12-6-7-15-14(10-17(19)20-16(15)9-12)11-18-8-4-3-5-13(18)2;/h6-7,9-10,13H,3-5,8,11H2,1-2H3;1H. The number of fused-ring (bicyclic) bond motifs is 1. The van der Waals surface area contributed by atoms with Crippen LogP contribution in [0.2, 0.25) is 0 Å². The number of halogens is 1. The minimum Gasteiger partial charge on any atom is -1.00 e. The van der Waals surface area contributed by atoms with Gasteiger partial charge in [0.1, 0.15) is 12.1 Å². The van der Waals surface area contributed by atoms with E-state index in [2.05, 4.69) is 19.1 Å².